The molecule has 1 saturated heterocycles. The van der Waals surface area contributed by atoms with Gasteiger partial charge in [0.25, 0.3) is 0 Å². The summed E-state index contributed by atoms with van der Waals surface area (Å²) in [5, 5.41) is 14.0. The normalized spacial score (nSPS) is 22.5. The summed E-state index contributed by atoms with van der Waals surface area (Å²) in [5.74, 6) is -0.748. The fraction of sp³-hybridized carbons (Fsp3) is 0.375. The molecule has 1 atom stereocenters. The number of nitrogens with zero attached hydrogens (tertiary/aromatic N) is 3. The number of carbonyl (C=O) groups is 1. The van der Waals surface area contributed by atoms with Crippen LogP contribution >= 0.6 is 0 Å². The lowest BCUT2D eigenvalue weighted by Gasteiger charge is -2.30. The Morgan fingerprint density at radius 3 is 2.81 bits per heavy atom. The topological polar surface area (TPSA) is 58.4 Å². The van der Waals surface area contributed by atoms with E-state index in [4.69, 9.17) is 0 Å². The SMILES string of the molecule is CC1(C(=O)O)CCCN1Cc1ccn(-c2ccccc2)n1. The molecule has 1 aromatic carbocycles. The van der Waals surface area contributed by atoms with E-state index >= 15 is 0 Å². The molecule has 1 aliphatic heterocycles. The average molecular weight is 285 g/mol. The van der Waals surface area contributed by atoms with Gasteiger partial charge in [0.05, 0.1) is 11.4 Å². The lowest BCUT2D eigenvalue weighted by Crippen LogP contribution is -2.47. The predicted octanol–water partition coefficient (Wildman–Crippen LogP) is 2.31. The summed E-state index contributed by atoms with van der Waals surface area (Å²) in [6.45, 7) is 3.18. The molecule has 1 N–H and O–H groups in total. The Kier molecular flexibility index (Phi) is 3.51. The van der Waals surface area contributed by atoms with Crippen molar-refractivity contribution < 1.29 is 9.90 Å². The molecule has 2 heterocycles. The molecule has 0 saturated carbocycles. The van der Waals surface area contributed by atoms with Crippen molar-refractivity contribution in [2.24, 2.45) is 0 Å². The molecule has 0 amide bonds. The summed E-state index contributed by atoms with van der Waals surface area (Å²) in [7, 11) is 0. The highest BCUT2D eigenvalue weighted by Crippen LogP contribution is 2.30. The van der Waals surface area contributed by atoms with Gasteiger partial charge in [-0.15, -0.1) is 0 Å². The van der Waals surface area contributed by atoms with Crippen LogP contribution in [0.3, 0.4) is 0 Å². The van der Waals surface area contributed by atoms with E-state index in [2.05, 4.69) is 5.10 Å². The van der Waals surface area contributed by atoms with E-state index in [1.807, 2.05) is 52.2 Å². The first-order valence-electron chi connectivity index (χ1n) is 7.18. The van der Waals surface area contributed by atoms with Gasteiger partial charge in [-0.05, 0) is 44.5 Å². The van der Waals surface area contributed by atoms with E-state index in [0.29, 0.717) is 13.0 Å². The Bertz CT molecular complexity index is 638. The lowest BCUT2D eigenvalue weighted by atomic mass is 9.99. The van der Waals surface area contributed by atoms with E-state index in [0.717, 1.165) is 24.3 Å². The molecular weight excluding hydrogens is 266 g/mol. The monoisotopic (exact) mass is 285 g/mol. The minimum atomic E-state index is -0.767. The largest absolute Gasteiger partial charge is 0.480 e. The van der Waals surface area contributed by atoms with Crippen LogP contribution in [0.1, 0.15) is 25.5 Å². The number of hydrogen-bond donors (Lipinski definition) is 1. The summed E-state index contributed by atoms with van der Waals surface area (Å²) in [5.41, 5.74) is 1.13. The molecule has 110 valence electrons. The second-order valence-electron chi connectivity index (χ2n) is 5.69. The van der Waals surface area contributed by atoms with Crippen molar-refractivity contribution in [1.29, 1.82) is 0 Å². The number of aliphatic carboxylic acids is 1. The van der Waals surface area contributed by atoms with Crippen molar-refractivity contribution in [3.8, 4) is 5.69 Å². The number of carboxylic acid groups (broad SMARTS) is 1. The van der Waals surface area contributed by atoms with E-state index in [1.165, 1.54) is 0 Å². The van der Waals surface area contributed by atoms with Crippen LogP contribution in [-0.4, -0.2) is 37.8 Å². The standard InChI is InChI=1S/C16H19N3O2/c1-16(15(20)21)9-5-10-18(16)12-13-8-11-19(17-13)14-6-3-2-4-7-14/h2-4,6-8,11H,5,9-10,12H2,1H3,(H,20,21). The molecule has 0 radical (unpaired) electrons. The molecular formula is C16H19N3O2. The Balaban J connectivity index is 1.77. The van der Waals surface area contributed by atoms with Crippen LogP contribution in [0, 0.1) is 0 Å². The maximum absolute atomic E-state index is 11.5. The van der Waals surface area contributed by atoms with Crippen LogP contribution in [0.5, 0.6) is 0 Å². The van der Waals surface area contributed by atoms with Crippen molar-refractivity contribution in [2.45, 2.75) is 31.8 Å². The molecule has 1 fully saturated rings. The minimum absolute atomic E-state index is 0.572. The smallest absolute Gasteiger partial charge is 0.323 e. The van der Waals surface area contributed by atoms with E-state index in [-0.39, 0.29) is 0 Å². The van der Waals surface area contributed by atoms with E-state index in [1.54, 1.807) is 6.92 Å². The average Bonchev–Trinajstić information content (AvgIpc) is 3.09. The zero-order valence-electron chi connectivity index (χ0n) is 12.1. The zero-order valence-corrected chi connectivity index (χ0v) is 12.1. The first kappa shape index (κ1) is 13.8. The molecule has 0 bridgehead atoms. The second kappa shape index (κ2) is 5.33. The van der Waals surface area contributed by atoms with Crippen molar-refractivity contribution in [3.05, 3.63) is 48.3 Å². The van der Waals surface area contributed by atoms with Crippen molar-refractivity contribution in [3.63, 3.8) is 0 Å². The highest BCUT2D eigenvalue weighted by atomic mass is 16.4. The maximum Gasteiger partial charge on any atom is 0.323 e. The van der Waals surface area contributed by atoms with Gasteiger partial charge in [-0.1, -0.05) is 18.2 Å². The number of likely N-dealkylation sites (tertiary alicyclic amines) is 1. The zero-order chi connectivity index (χ0) is 14.9. The van der Waals surface area contributed by atoms with Gasteiger partial charge in [-0.3, -0.25) is 9.69 Å². The van der Waals surface area contributed by atoms with Gasteiger partial charge < -0.3 is 5.11 Å². The first-order valence-corrected chi connectivity index (χ1v) is 7.18. The summed E-state index contributed by atoms with van der Waals surface area (Å²) in [6, 6.07) is 11.9. The molecule has 5 heteroatoms. The quantitative estimate of drug-likeness (QED) is 0.936. The van der Waals surface area contributed by atoms with Gasteiger partial charge in [-0.25, -0.2) is 4.68 Å². The van der Waals surface area contributed by atoms with Crippen molar-refractivity contribution in [1.82, 2.24) is 14.7 Å². The molecule has 3 rings (SSSR count). The van der Waals surface area contributed by atoms with Crippen molar-refractivity contribution >= 4 is 5.97 Å². The molecule has 21 heavy (non-hydrogen) atoms. The van der Waals surface area contributed by atoms with Gasteiger partial charge in [0.15, 0.2) is 0 Å². The maximum atomic E-state index is 11.5. The van der Waals surface area contributed by atoms with Gasteiger partial charge in [0.1, 0.15) is 5.54 Å². The number of aromatic nitrogens is 2. The van der Waals surface area contributed by atoms with Crippen LogP contribution in [0.15, 0.2) is 42.6 Å². The predicted molar refractivity (Wildman–Crippen MR) is 79.2 cm³/mol. The molecule has 1 unspecified atom stereocenters. The summed E-state index contributed by atoms with van der Waals surface area (Å²) < 4.78 is 1.82. The molecule has 5 nitrogen and oxygen atoms in total. The molecule has 1 aliphatic rings. The third-order valence-electron chi connectivity index (χ3n) is 4.27. The fourth-order valence-corrected chi connectivity index (χ4v) is 2.88. The highest BCUT2D eigenvalue weighted by Gasteiger charge is 2.43. The lowest BCUT2D eigenvalue weighted by molar-refractivity contribution is -0.148. The Morgan fingerprint density at radius 1 is 1.33 bits per heavy atom. The van der Waals surface area contributed by atoms with Gasteiger partial charge in [-0.2, -0.15) is 5.10 Å². The Morgan fingerprint density at radius 2 is 2.10 bits per heavy atom. The number of carboxylic acids is 1. The Hall–Kier alpha value is -2.14. The summed E-state index contributed by atoms with van der Waals surface area (Å²) >= 11 is 0. The first-order chi connectivity index (χ1) is 10.1. The van der Waals surface area contributed by atoms with Crippen LogP contribution < -0.4 is 0 Å². The van der Waals surface area contributed by atoms with E-state index < -0.39 is 11.5 Å². The van der Waals surface area contributed by atoms with Gasteiger partial charge >= 0.3 is 5.97 Å². The van der Waals surface area contributed by atoms with Gasteiger partial charge in [0, 0.05) is 12.7 Å². The number of hydrogen-bond acceptors (Lipinski definition) is 3. The molecule has 0 aliphatic carbocycles. The third kappa shape index (κ3) is 2.56. The number of benzene rings is 1. The summed E-state index contributed by atoms with van der Waals surface area (Å²) in [6.07, 6.45) is 3.53. The molecule has 2 aromatic rings. The minimum Gasteiger partial charge on any atom is -0.480 e. The number of rotatable bonds is 4. The van der Waals surface area contributed by atoms with Crippen LogP contribution in [0.4, 0.5) is 0 Å². The summed E-state index contributed by atoms with van der Waals surface area (Å²) in [4.78, 5) is 13.5. The fourth-order valence-electron chi connectivity index (χ4n) is 2.88. The second-order valence-corrected chi connectivity index (χ2v) is 5.69. The number of para-hydroxylation sites is 1. The van der Waals surface area contributed by atoms with Crippen LogP contribution in [-0.2, 0) is 11.3 Å². The Labute approximate surface area is 123 Å². The third-order valence-corrected chi connectivity index (χ3v) is 4.27. The van der Waals surface area contributed by atoms with Gasteiger partial charge in [0.2, 0.25) is 0 Å². The van der Waals surface area contributed by atoms with Crippen LogP contribution in [0.2, 0.25) is 0 Å². The van der Waals surface area contributed by atoms with Crippen molar-refractivity contribution in [2.75, 3.05) is 6.54 Å². The highest BCUT2D eigenvalue weighted by molar-refractivity contribution is 5.78. The molecule has 0 spiro atoms. The van der Waals surface area contributed by atoms with Crippen LogP contribution in [0.25, 0.3) is 5.69 Å². The van der Waals surface area contributed by atoms with E-state index in [9.17, 15) is 9.90 Å². The molecule has 1 aromatic heterocycles.